The molecule has 2 fully saturated rings. The molecule has 164 valence electrons. The maximum absolute atomic E-state index is 13.0. The first kappa shape index (κ1) is 21.0. The highest BCUT2D eigenvalue weighted by molar-refractivity contribution is 6.00. The molecule has 8 nitrogen and oxygen atoms in total. The Kier molecular flexibility index (Phi) is 6.03. The fraction of sp³-hybridized carbons (Fsp3) is 0.522. The number of aromatic nitrogens is 1. The molecule has 0 spiro atoms. The number of hydrogen-bond acceptors (Lipinski definition) is 5. The molecule has 8 heteroatoms. The molecule has 2 aliphatic rings. The lowest BCUT2D eigenvalue weighted by molar-refractivity contribution is -0.127. The molecule has 2 amide bonds. The third-order valence-corrected chi connectivity index (χ3v) is 6.32. The van der Waals surface area contributed by atoms with Crippen LogP contribution in [0, 0.1) is 23.2 Å². The Morgan fingerprint density at radius 1 is 1.13 bits per heavy atom. The predicted molar refractivity (Wildman–Crippen MR) is 115 cm³/mol. The molecule has 31 heavy (non-hydrogen) atoms. The van der Waals surface area contributed by atoms with Crippen LogP contribution in [0.25, 0.3) is 10.9 Å². The van der Waals surface area contributed by atoms with Crippen molar-refractivity contribution >= 4 is 22.7 Å². The number of aromatic amines is 1. The molecular weight excluding hydrogens is 396 g/mol. The lowest BCUT2D eigenvalue weighted by Gasteiger charge is -2.31. The number of carbonyl (C=O) groups is 2. The fourth-order valence-corrected chi connectivity index (χ4v) is 4.40. The first-order valence-corrected chi connectivity index (χ1v) is 10.8. The first-order chi connectivity index (χ1) is 15.0. The van der Waals surface area contributed by atoms with Crippen molar-refractivity contribution in [2.24, 2.45) is 11.8 Å². The van der Waals surface area contributed by atoms with Gasteiger partial charge in [-0.25, -0.2) is 0 Å². The van der Waals surface area contributed by atoms with Crippen molar-refractivity contribution in [1.82, 2.24) is 15.6 Å². The van der Waals surface area contributed by atoms with E-state index in [1.807, 2.05) is 6.07 Å². The van der Waals surface area contributed by atoms with Crippen molar-refractivity contribution in [2.75, 3.05) is 14.2 Å². The van der Waals surface area contributed by atoms with Gasteiger partial charge < -0.3 is 25.1 Å². The van der Waals surface area contributed by atoms with E-state index in [2.05, 4.69) is 21.7 Å². The van der Waals surface area contributed by atoms with E-state index in [0.29, 0.717) is 23.6 Å². The summed E-state index contributed by atoms with van der Waals surface area (Å²) >= 11 is 0. The van der Waals surface area contributed by atoms with Gasteiger partial charge >= 0.3 is 0 Å². The monoisotopic (exact) mass is 424 g/mol. The number of methoxy groups -OCH3 is 2. The number of carbonyl (C=O) groups excluding carboxylic acids is 2. The molecule has 1 heterocycles. The quantitative estimate of drug-likeness (QED) is 0.632. The van der Waals surface area contributed by atoms with E-state index in [1.54, 1.807) is 26.4 Å². The Hall–Kier alpha value is -3.21. The van der Waals surface area contributed by atoms with Gasteiger partial charge in [-0.15, -0.1) is 0 Å². The van der Waals surface area contributed by atoms with E-state index in [9.17, 15) is 14.9 Å². The van der Waals surface area contributed by atoms with Gasteiger partial charge in [-0.2, -0.15) is 5.26 Å². The predicted octanol–water partition coefficient (Wildman–Crippen LogP) is 2.89. The zero-order valence-corrected chi connectivity index (χ0v) is 17.9. The smallest absolute Gasteiger partial charge is 0.267 e. The highest BCUT2D eigenvalue weighted by Gasteiger charge is 2.37. The Labute approximate surface area is 181 Å². The summed E-state index contributed by atoms with van der Waals surface area (Å²) in [6, 6.07) is 6.84. The van der Waals surface area contributed by atoms with Crippen LogP contribution in [0.4, 0.5) is 0 Å². The minimum absolute atomic E-state index is 0.133. The van der Waals surface area contributed by atoms with E-state index in [0.717, 1.165) is 43.0 Å². The van der Waals surface area contributed by atoms with E-state index < -0.39 is 6.04 Å². The number of H-pyrrole nitrogens is 1. The zero-order valence-electron chi connectivity index (χ0n) is 17.9. The molecule has 3 N–H and O–H groups in total. The summed E-state index contributed by atoms with van der Waals surface area (Å²) in [4.78, 5) is 29.0. The van der Waals surface area contributed by atoms with Crippen molar-refractivity contribution < 1.29 is 19.1 Å². The molecule has 2 aliphatic carbocycles. The van der Waals surface area contributed by atoms with Crippen LogP contribution in [0.3, 0.4) is 0 Å². The van der Waals surface area contributed by atoms with Crippen LogP contribution in [-0.2, 0) is 4.79 Å². The third kappa shape index (κ3) is 4.46. The van der Waals surface area contributed by atoms with Crippen LogP contribution in [0.1, 0.15) is 49.0 Å². The van der Waals surface area contributed by atoms with Gasteiger partial charge in [-0.3, -0.25) is 9.59 Å². The van der Waals surface area contributed by atoms with E-state index >= 15 is 0 Å². The summed E-state index contributed by atoms with van der Waals surface area (Å²) < 4.78 is 10.7. The van der Waals surface area contributed by atoms with Crippen LogP contribution >= 0.6 is 0 Å². The van der Waals surface area contributed by atoms with Gasteiger partial charge in [0.2, 0.25) is 5.91 Å². The van der Waals surface area contributed by atoms with Crippen molar-refractivity contribution in [2.45, 2.75) is 50.6 Å². The average Bonchev–Trinajstić information content (AvgIpc) is 3.54. The van der Waals surface area contributed by atoms with Gasteiger partial charge in [-0.1, -0.05) is 12.8 Å². The summed E-state index contributed by atoms with van der Waals surface area (Å²) in [5.41, 5.74) is 1.14. The number of fused-ring (bicyclic) bond motifs is 1. The van der Waals surface area contributed by atoms with Crippen molar-refractivity contribution in [1.29, 1.82) is 5.26 Å². The summed E-state index contributed by atoms with van der Waals surface area (Å²) in [6.07, 6.45) is 5.31. The molecule has 0 bridgehead atoms. The minimum Gasteiger partial charge on any atom is -0.497 e. The number of nitrogens with one attached hydrogen (secondary N) is 3. The van der Waals surface area contributed by atoms with Crippen LogP contribution in [0.15, 0.2) is 18.2 Å². The summed E-state index contributed by atoms with van der Waals surface area (Å²) in [7, 11) is 3.15. The molecule has 2 saturated carbocycles. The van der Waals surface area contributed by atoms with Crippen LogP contribution in [0.2, 0.25) is 0 Å². The standard InChI is InChI=1S/C23H28N4O4/c1-30-14-9-18-16(21(10-14)31-2)11-19(25-18)23(29)26-17-6-4-3-5-15(17)22(28)27-20(12-24)13-7-8-13/h9-11,13,15,17,20,25H,3-8H2,1-2H3,(H,26,29)(H,27,28)/t15-,17+,20?/m1/s1. The Morgan fingerprint density at radius 2 is 1.90 bits per heavy atom. The fourth-order valence-electron chi connectivity index (χ4n) is 4.40. The van der Waals surface area contributed by atoms with E-state index in [-0.39, 0.29) is 29.7 Å². The Balaban J connectivity index is 1.49. The highest BCUT2D eigenvalue weighted by Crippen LogP contribution is 2.34. The second kappa shape index (κ2) is 8.88. The number of benzene rings is 1. The molecule has 4 rings (SSSR count). The largest absolute Gasteiger partial charge is 0.497 e. The van der Waals surface area contributed by atoms with Crippen molar-refractivity contribution in [3.63, 3.8) is 0 Å². The topological polar surface area (TPSA) is 116 Å². The molecule has 1 aromatic heterocycles. The molecule has 2 aromatic rings. The number of nitriles is 1. The van der Waals surface area contributed by atoms with Gasteiger partial charge in [0, 0.05) is 23.6 Å². The second-order valence-corrected chi connectivity index (χ2v) is 8.40. The summed E-state index contributed by atoms with van der Waals surface area (Å²) in [5.74, 6) is 0.787. The van der Waals surface area contributed by atoms with Gasteiger partial charge in [0.25, 0.3) is 5.91 Å². The third-order valence-electron chi connectivity index (χ3n) is 6.32. The minimum atomic E-state index is -0.429. The Morgan fingerprint density at radius 3 is 2.58 bits per heavy atom. The average molecular weight is 425 g/mol. The zero-order chi connectivity index (χ0) is 22.0. The second-order valence-electron chi connectivity index (χ2n) is 8.40. The molecule has 1 unspecified atom stereocenters. The van der Waals surface area contributed by atoms with Crippen molar-refractivity contribution in [3.8, 4) is 17.6 Å². The normalized spacial score (nSPS) is 21.7. The van der Waals surface area contributed by atoms with Gasteiger partial charge in [0.1, 0.15) is 23.2 Å². The van der Waals surface area contributed by atoms with Crippen LogP contribution in [-0.4, -0.2) is 43.1 Å². The van der Waals surface area contributed by atoms with Gasteiger partial charge in [0.15, 0.2) is 0 Å². The number of hydrogen-bond donors (Lipinski definition) is 3. The van der Waals surface area contributed by atoms with Gasteiger partial charge in [0.05, 0.1) is 31.7 Å². The highest BCUT2D eigenvalue weighted by atomic mass is 16.5. The Bertz CT molecular complexity index is 1020. The molecule has 0 saturated heterocycles. The lowest BCUT2D eigenvalue weighted by Crippen LogP contribution is -2.50. The summed E-state index contributed by atoms with van der Waals surface area (Å²) in [6.45, 7) is 0. The lowest BCUT2D eigenvalue weighted by atomic mass is 9.83. The first-order valence-electron chi connectivity index (χ1n) is 10.8. The number of rotatable bonds is 7. The number of ether oxygens (including phenoxy) is 2. The number of nitrogens with zero attached hydrogens (tertiary/aromatic N) is 1. The van der Waals surface area contributed by atoms with Gasteiger partial charge in [-0.05, 0) is 37.7 Å². The maximum Gasteiger partial charge on any atom is 0.267 e. The molecule has 0 radical (unpaired) electrons. The van der Waals surface area contributed by atoms with Crippen LogP contribution in [0.5, 0.6) is 11.5 Å². The van der Waals surface area contributed by atoms with Crippen molar-refractivity contribution in [3.05, 3.63) is 23.9 Å². The van der Waals surface area contributed by atoms with E-state index in [1.165, 1.54) is 0 Å². The molecule has 1 aromatic carbocycles. The molecule has 3 atom stereocenters. The number of amides is 2. The SMILES string of the molecule is COc1cc(OC)c2cc(C(=O)N[C@H]3CCCC[C@H]3C(=O)NC(C#N)C3CC3)[nH]c2c1. The van der Waals surface area contributed by atoms with Crippen LogP contribution < -0.4 is 20.1 Å². The molecular formula is C23H28N4O4. The summed E-state index contributed by atoms with van der Waals surface area (Å²) in [5, 5.41) is 16.1. The van der Waals surface area contributed by atoms with E-state index in [4.69, 9.17) is 9.47 Å². The maximum atomic E-state index is 13.0. The molecule has 0 aliphatic heterocycles.